The van der Waals surface area contributed by atoms with Gasteiger partial charge in [0.1, 0.15) is 0 Å². The zero-order valence-electron chi connectivity index (χ0n) is 16.3. The van der Waals surface area contributed by atoms with Gasteiger partial charge in [0.2, 0.25) is 0 Å². The zero-order valence-corrected chi connectivity index (χ0v) is 16.3. The predicted octanol–water partition coefficient (Wildman–Crippen LogP) is 2.87. The first kappa shape index (κ1) is 18.6. The molecule has 0 N–H and O–H groups in total. The van der Waals surface area contributed by atoms with Crippen molar-refractivity contribution in [3.8, 4) is 5.69 Å². The Morgan fingerprint density at radius 1 is 1.03 bits per heavy atom. The fourth-order valence-electron chi connectivity index (χ4n) is 3.30. The molecule has 0 unspecified atom stereocenters. The number of benzene rings is 2. The van der Waals surface area contributed by atoms with Crippen molar-refractivity contribution in [1.82, 2.24) is 24.5 Å². The summed E-state index contributed by atoms with van der Waals surface area (Å²) >= 11 is 0. The molecule has 4 rings (SSSR count). The highest BCUT2D eigenvalue weighted by Crippen LogP contribution is 2.16. The first-order chi connectivity index (χ1) is 14.1. The van der Waals surface area contributed by atoms with Crippen LogP contribution < -0.4 is 5.56 Å². The Bertz CT molecular complexity index is 1230. The van der Waals surface area contributed by atoms with Gasteiger partial charge in [0.15, 0.2) is 5.69 Å². The highest BCUT2D eigenvalue weighted by Gasteiger charge is 2.20. The number of nitrogens with zero attached hydrogens (tertiary/aromatic N) is 5. The van der Waals surface area contributed by atoms with Crippen LogP contribution in [0.5, 0.6) is 0 Å². The van der Waals surface area contributed by atoms with Crippen LogP contribution in [0.15, 0.2) is 71.8 Å². The van der Waals surface area contributed by atoms with E-state index in [1.54, 1.807) is 47.1 Å². The van der Waals surface area contributed by atoms with Gasteiger partial charge in [-0.1, -0.05) is 36.4 Å². The molecule has 0 saturated carbocycles. The highest BCUT2D eigenvalue weighted by molar-refractivity contribution is 6.04. The molecule has 0 atom stereocenters. The summed E-state index contributed by atoms with van der Waals surface area (Å²) in [6.07, 6.45) is 3.65. The average Bonchev–Trinajstić information content (AvgIpc) is 3.23. The molecule has 0 saturated heterocycles. The van der Waals surface area contributed by atoms with Gasteiger partial charge in [-0.3, -0.25) is 9.59 Å². The lowest BCUT2D eigenvalue weighted by Gasteiger charge is -2.17. The number of carbonyl (C=O) groups is 1. The molecule has 0 fully saturated rings. The second-order valence-electron chi connectivity index (χ2n) is 6.81. The number of hydrogen-bond acceptors (Lipinski definition) is 4. The molecule has 7 nitrogen and oxygen atoms in total. The molecule has 0 bridgehead atoms. The lowest BCUT2D eigenvalue weighted by atomic mass is 10.1. The number of para-hydroxylation sites is 1. The lowest BCUT2D eigenvalue weighted by Crippen LogP contribution is -2.31. The number of fused-ring (bicyclic) bond motifs is 1. The quantitative estimate of drug-likeness (QED) is 0.528. The Kier molecular flexibility index (Phi) is 4.95. The maximum atomic E-state index is 13.1. The van der Waals surface area contributed by atoms with E-state index in [1.807, 2.05) is 43.5 Å². The molecule has 146 valence electrons. The molecule has 0 radical (unpaired) electrons. The van der Waals surface area contributed by atoms with Crippen molar-refractivity contribution in [2.75, 3.05) is 7.05 Å². The van der Waals surface area contributed by atoms with Crippen LogP contribution in [0.3, 0.4) is 0 Å². The van der Waals surface area contributed by atoms with Crippen LogP contribution >= 0.6 is 0 Å². The van der Waals surface area contributed by atoms with Crippen LogP contribution in [-0.2, 0) is 13.1 Å². The van der Waals surface area contributed by atoms with Gasteiger partial charge in [-0.15, -0.1) is 0 Å². The Morgan fingerprint density at radius 2 is 1.72 bits per heavy atom. The van der Waals surface area contributed by atoms with Crippen molar-refractivity contribution in [2.45, 2.75) is 20.0 Å². The van der Waals surface area contributed by atoms with E-state index < -0.39 is 0 Å². The maximum absolute atomic E-state index is 13.1. The van der Waals surface area contributed by atoms with Gasteiger partial charge in [0.25, 0.3) is 11.5 Å². The van der Waals surface area contributed by atoms with E-state index in [4.69, 9.17) is 0 Å². The van der Waals surface area contributed by atoms with Gasteiger partial charge in [-0.05, 0) is 25.1 Å². The van der Waals surface area contributed by atoms with E-state index in [9.17, 15) is 9.59 Å². The molecular formula is C22H21N5O2. The summed E-state index contributed by atoms with van der Waals surface area (Å²) in [6, 6.07) is 16.9. The summed E-state index contributed by atoms with van der Waals surface area (Å²) < 4.78 is 3.11. The third-order valence-electron chi connectivity index (χ3n) is 4.79. The first-order valence-corrected chi connectivity index (χ1v) is 9.42. The summed E-state index contributed by atoms with van der Waals surface area (Å²) in [7, 11) is 1.72. The highest BCUT2D eigenvalue weighted by atomic mass is 16.2. The number of aromatic nitrogens is 4. The Morgan fingerprint density at radius 3 is 2.45 bits per heavy atom. The molecule has 0 aliphatic rings. The minimum Gasteiger partial charge on any atom is -0.336 e. The van der Waals surface area contributed by atoms with Gasteiger partial charge in [0, 0.05) is 37.3 Å². The molecule has 29 heavy (non-hydrogen) atoms. The fraction of sp³-hybridized carbons (Fsp3) is 0.182. The Hall–Kier alpha value is -3.74. The van der Waals surface area contributed by atoms with Crippen LogP contribution in [0.4, 0.5) is 0 Å². The van der Waals surface area contributed by atoms with Crippen LogP contribution in [0.25, 0.3) is 16.5 Å². The normalized spacial score (nSPS) is 11.0. The minimum absolute atomic E-state index is 0.188. The van der Waals surface area contributed by atoms with E-state index >= 15 is 0 Å². The second-order valence-corrected chi connectivity index (χ2v) is 6.81. The summed E-state index contributed by atoms with van der Waals surface area (Å²) in [6.45, 7) is 2.61. The molecule has 4 aromatic rings. The molecule has 0 aliphatic heterocycles. The summed E-state index contributed by atoms with van der Waals surface area (Å²) in [5.41, 5.74) is 1.94. The molecule has 0 spiro atoms. The predicted molar refractivity (Wildman–Crippen MR) is 111 cm³/mol. The molecule has 2 heterocycles. The summed E-state index contributed by atoms with van der Waals surface area (Å²) in [4.78, 5) is 27.2. The number of aryl methyl sites for hydroxylation is 1. The smallest absolute Gasteiger partial charge is 0.274 e. The van der Waals surface area contributed by atoms with Crippen LogP contribution in [0.1, 0.15) is 23.0 Å². The van der Waals surface area contributed by atoms with Crippen LogP contribution in [0, 0.1) is 0 Å². The first-order valence-electron chi connectivity index (χ1n) is 9.42. The second kappa shape index (κ2) is 7.71. The number of amides is 1. The Labute approximate surface area is 167 Å². The van der Waals surface area contributed by atoms with Gasteiger partial charge < -0.3 is 4.90 Å². The molecule has 2 aromatic heterocycles. The average molecular weight is 387 g/mol. The van der Waals surface area contributed by atoms with E-state index in [1.165, 1.54) is 4.68 Å². The van der Waals surface area contributed by atoms with Crippen molar-refractivity contribution in [1.29, 1.82) is 0 Å². The third-order valence-corrected chi connectivity index (χ3v) is 4.79. The van der Waals surface area contributed by atoms with E-state index in [0.29, 0.717) is 23.9 Å². The van der Waals surface area contributed by atoms with Gasteiger partial charge in [0.05, 0.1) is 17.3 Å². The van der Waals surface area contributed by atoms with Crippen LogP contribution in [-0.4, -0.2) is 37.4 Å². The summed E-state index contributed by atoms with van der Waals surface area (Å²) in [5, 5.41) is 9.77. The number of rotatable bonds is 5. The van der Waals surface area contributed by atoms with Crippen molar-refractivity contribution < 1.29 is 4.79 Å². The molecule has 1 amide bonds. The maximum Gasteiger partial charge on any atom is 0.274 e. The van der Waals surface area contributed by atoms with E-state index in [0.717, 1.165) is 11.3 Å². The third kappa shape index (κ3) is 3.54. The fourth-order valence-corrected chi connectivity index (χ4v) is 3.30. The number of carbonyl (C=O) groups excluding carboxylic acids is 1. The van der Waals surface area contributed by atoms with E-state index in [-0.39, 0.29) is 17.2 Å². The minimum atomic E-state index is -0.240. The molecular weight excluding hydrogens is 366 g/mol. The van der Waals surface area contributed by atoms with Crippen molar-refractivity contribution in [3.05, 3.63) is 88.6 Å². The van der Waals surface area contributed by atoms with Gasteiger partial charge in [-0.25, -0.2) is 9.36 Å². The Balaban J connectivity index is 1.63. The van der Waals surface area contributed by atoms with Gasteiger partial charge >= 0.3 is 0 Å². The largest absolute Gasteiger partial charge is 0.336 e. The van der Waals surface area contributed by atoms with Crippen molar-refractivity contribution >= 4 is 16.7 Å². The van der Waals surface area contributed by atoms with Crippen molar-refractivity contribution in [2.24, 2.45) is 0 Å². The SMILES string of the molecule is CCn1nc(C(=O)N(C)Cc2cnn(-c3ccccc3)c2)c2ccccc2c1=O. The molecule has 2 aromatic carbocycles. The van der Waals surface area contributed by atoms with Crippen molar-refractivity contribution in [3.63, 3.8) is 0 Å². The molecule has 0 aliphatic carbocycles. The standard InChI is InChI=1S/C22H21N5O2/c1-3-26-21(28)19-12-8-7-11-18(19)20(24-26)22(29)25(2)14-16-13-23-27(15-16)17-9-5-4-6-10-17/h4-13,15H,3,14H2,1-2H3. The lowest BCUT2D eigenvalue weighted by molar-refractivity contribution is 0.0779. The molecule has 7 heteroatoms. The van der Waals surface area contributed by atoms with E-state index in [2.05, 4.69) is 10.2 Å². The summed E-state index contributed by atoms with van der Waals surface area (Å²) in [5.74, 6) is -0.240. The van der Waals surface area contributed by atoms with Crippen LogP contribution in [0.2, 0.25) is 0 Å². The van der Waals surface area contributed by atoms with Gasteiger partial charge in [-0.2, -0.15) is 10.2 Å². The monoisotopic (exact) mass is 387 g/mol. The number of hydrogen-bond donors (Lipinski definition) is 0. The topological polar surface area (TPSA) is 73.0 Å². The zero-order chi connectivity index (χ0) is 20.4.